The second kappa shape index (κ2) is 9.87. The molecule has 1 aliphatic rings. The Labute approximate surface area is 174 Å². The van der Waals surface area contributed by atoms with Crippen molar-refractivity contribution < 1.29 is 14.3 Å². The highest BCUT2D eigenvalue weighted by Gasteiger charge is 2.37. The number of ketones is 1. The Bertz CT molecular complexity index is 797. The average Bonchev–Trinajstić information content (AvgIpc) is 2.72. The van der Waals surface area contributed by atoms with Gasteiger partial charge in [0.1, 0.15) is 12.0 Å². The summed E-state index contributed by atoms with van der Waals surface area (Å²) in [5.74, 6) is -0.000965. The Morgan fingerprint density at radius 1 is 0.966 bits per heavy atom. The predicted molar refractivity (Wildman–Crippen MR) is 116 cm³/mol. The summed E-state index contributed by atoms with van der Waals surface area (Å²) >= 11 is 0. The number of ether oxygens (including phenoxy) is 1. The van der Waals surface area contributed by atoms with Gasteiger partial charge in [-0.25, -0.2) is 0 Å². The number of carbonyl (C=O) groups is 2. The number of esters is 1. The third-order valence-electron chi connectivity index (χ3n) is 6.17. The van der Waals surface area contributed by atoms with Crippen LogP contribution in [-0.2, 0) is 16.0 Å². The van der Waals surface area contributed by atoms with Crippen molar-refractivity contribution in [2.24, 2.45) is 23.7 Å². The Hall–Kier alpha value is -2.42. The van der Waals surface area contributed by atoms with E-state index in [0.29, 0.717) is 29.7 Å². The van der Waals surface area contributed by atoms with E-state index in [1.165, 1.54) is 6.42 Å². The lowest BCUT2D eigenvalue weighted by molar-refractivity contribution is -0.159. The van der Waals surface area contributed by atoms with Crippen LogP contribution in [-0.4, -0.2) is 17.9 Å². The highest BCUT2D eigenvalue weighted by atomic mass is 16.5. The third-order valence-corrected chi connectivity index (χ3v) is 6.17. The van der Waals surface area contributed by atoms with Crippen LogP contribution in [0.15, 0.2) is 60.7 Å². The third kappa shape index (κ3) is 5.56. The lowest BCUT2D eigenvalue weighted by Crippen LogP contribution is -2.39. The zero-order valence-electron chi connectivity index (χ0n) is 17.7. The van der Waals surface area contributed by atoms with Gasteiger partial charge in [-0.2, -0.15) is 0 Å². The van der Waals surface area contributed by atoms with E-state index in [9.17, 15) is 9.59 Å². The van der Waals surface area contributed by atoms with Crippen LogP contribution in [0.25, 0.3) is 0 Å². The Balaban J connectivity index is 1.82. The summed E-state index contributed by atoms with van der Waals surface area (Å²) in [4.78, 5) is 26.5. The summed E-state index contributed by atoms with van der Waals surface area (Å²) in [6, 6.07) is 18.8. The first kappa shape index (κ1) is 21.3. The maximum absolute atomic E-state index is 13.3. The Morgan fingerprint density at radius 3 is 2.21 bits per heavy atom. The summed E-state index contributed by atoms with van der Waals surface area (Å²) in [6.07, 6.45) is 3.39. The van der Waals surface area contributed by atoms with Gasteiger partial charge in [-0.3, -0.25) is 9.59 Å². The van der Waals surface area contributed by atoms with Crippen molar-refractivity contribution in [1.82, 2.24) is 0 Å². The van der Waals surface area contributed by atoms with E-state index in [1.807, 2.05) is 48.5 Å². The zero-order valence-corrected chi connectivity index (χ0v) is 17.7. The van der Waals surface area contributed by atoms with Crippen molar-refractivity contribution >= 4 is 11.8 Å². The summed E-state index contributed by atoms with van der Waals surface area (Å²) in [5, 5.41) is 0. The van der Waals surface area contributed by atoms with E-state index in [4.69, 9.17) is 4.74 Å². The molecule has 1 saturated carbocycles. The first-order valence-electron chi connectivity index (χ1n) is 10.8. The van der Waals surface area contributed by atoms with Gasteiger partial charge in [0.15, 0.2) is 5.78 Å². The van der Waals surface area contributed by atoms with Gasteiger partial charge in [0.2, 0.25) is 0 Å². The predicted octanol–water partition coefficient (Wildman–Crippen LogP) is 5.73. The van der Waals surface area contributed by atoms with E-state index in [0.717, 1.165) is 18.4 Å². The Morgan fingerprint density at radius 2 is 1.59 bits per heavy atom. The molecule has 0 N–H and O–H groups in total. The molecule has 0 aromatic heterocycles. The Kier molecular flexibility index (Phi) is 7.24. The van der Waals surface area contributed by atoms with Gasteiger partial charge in [-0.1, -0.05) is 87.9 Å². The maximum Gasteiger partial charge on any atom is 0.317 e. The quantitative estimate of drug-likeness (QED) is 0.343. The fraction of sp³-hybridized carbons (Fsp3) is 0.462. The number of hydrogen-bond donors (Lipinski definition) is 0. The SMILES string of the molecule is CC(C)[C@H]1CC[C@@H](C)C[C@H]1OC(=O)[C@@H](Cc1ccccc1)C(=O)c1ccccc1. The molecule has 3 rings (SSSR count). The number of benzene rings is 2. The van der Waals surface area contributed by atoms with Crippen LogP contribution in [0.2, 0.25) is 0 Å². The van der Waals surface area contributed by atoms with E-state index in [1.54, 1.807) is 12.1 Å². The molecule has 29 heavy (non-hydrogen) atoms. The molecule has 3 nitrogen and oxygen atoms in total. The van der Waals surface area contributed by atoms with Gasteiger partial charge < -0.3 is 4.74 Å². The molecule has 0 amide bonds. The van der Waals surface area contributed by atoms with Crippen LogP contribution >= 0.6 is 0 Å². The first-order chi connectivity index (χ1) is 14.0. The van der Waals surface area contributed by atoms with Crippen molar-refractivity contribution in [2.75, 3.05) is 0 Å². The van der Waals surface area contributed by atoms with Crippen LogP contribution in [0.1, 0.15) is 56.0 Å². The molecule has 2 aromatic carbocycles. The topological polar surface area (TPSA) is 43.4 Å². The van der Waals surface area contributed by atoms with E-state index in [-0.39, 0.29) is 17.9 Å². The zero-order chi connectivity index (χ0) is 20.8. The summed E-state index contributed by atoms with van der Waals surface area (Å²) in [5.41, 5.74) is 1.53. The molecule has 4 atom stereocenters. The summed E-state index contributed by atoms with van der Waals surface area (Å²) in [6.45, 7) is 6.60. The molecular weight excluding hydrogens is 360 g/mol. The maximum atomic E-state index is 13.3. The van der Waals surface area contributed by atoms with E-state index < -0.39 is 5.92 Å². The lowest BCUT2D eigenvalue weighted by atomic mass is 9.75. The fourth-order valence-corrected chi connectivity index (χ4v) is 4.42. The molecule has 1 aliphatic carbocycles. The normalized spacial score (nSPS) is 22.8. The molecule has 0 heterocycles. The molecule has 0 unspecified atom stereocenters. The van der Waals surface area contributed by atoms with Crippen LogP contribution in [0, 0.1) is 23.7 Å². The second-order valence-electron chi connectivity index (χ2n) is 8.77. The summed E-state index contributed by atoms with van der Waals surface area (Å²) in [7, 11) is 0. The van der Waals surface area contributed by atoms with Gasteiger partial charge in [-0.05, 0) is 42.6 Å². The largest absolute Gasteiger partial charge is 0.461 e. The first-order valence-corrected chi connectivity index (χ1v) is 10.8. The van der Waals surface area contributed by atoms with Gasteiger partial charge in [-0.15, -0.1) is 0 Å². The van der Waals surface area contributed by atoms with Crippen molar-refractivity contribution in [3.63, 3.8) is 0 Å². The summed E-state index contributed by atoms with van der Waals surface area (Å²) < 4.78 is 6.05. The highest BCUT2D eigenvalue weighted by Crippen LogP contribution is 2.36. The van der Waals surface area contributed by atoms with Gasteiger partial charge in [0.25, 0.3) is 0 Å². The number of Topliss-reactive ketones (excluding diaryl/α,β-unsaturated/α-hetero) is 1. The van der Waals surface area contributed by atoms with Crippen molar-refractivity contribution in [2.45, 2.75) is 52.6 Å². The smallest absolute Gasteiger partial charge is 0.317 e. The molecule has 154 valence electrons. The molecule has 0 aliphatic heterocycles. The number of hydrogen-bond acceptors (Lipinski definition) is 3. The van der Waals surface area contributed by atoms with E-state index >= 15 is 0 Å². The fourth-order valence-electron chi connectivity index (χ4n) is 4.42. The molecule has 0 spiro atoms. The standard InChI is InChI=1S/C26H32O3/c1-18(2)22-15-14-19(3)16-24(22)29-26(28)23(17-20-10-6-4-7-11-20)25(27)21-12-8-5-9-13-21/h4-13,18-19,22-24H,14-17H2,1-3H3/t19-,22-,23+,24-/m1/s1. The minimum Gasteiger partial charge on any atom is -0.461 e. The molecule has 0 radical (unpaired) electrons. The minimum absolute atomic E-state index is 0.104. The van der Waals surface area contributed by atoms with Crippen LogP contribution < -0.4 is 0 Å². The van der Waals surface area contributed by atoms with Crippen LogP contribution in [0.3, 0.4) is 0 Å². The van der Waals surface area contributed by atoms with Gasteiger partial charge in [0, 0.05) is 5.56 Å². The number of carbonyl (C=O) groups excluding carboxylic acids is 2. The van der Waals surface area contributed by atoms with Gasteiger partial charge >= 0.3 is 5.97 Å². The lowest BCUT2D eigenvalue weighted by Gasteiger charge is -2.37. The molecule has 3 heteroatoms. The number of rotatable bonds is 7. The molecular formula is C26H32O3. The molecule has 0 bridgehead atoms. The molecule has 2 aromatic rings. The average molecular weight is 393 g/mol. The monoisotopic (exact) mass is 392 g/mol. The van der Waals surface area contributed by atoms with Crippen molar-refractivity contribution in [1.29, 1.82) is 0 Å². The second-order valence-corrected chi connectivity index (χ2v) is 8.77. The molecule has 0 saturated heterocycles. The van der Waals surface area contributed by atoms with Crippen molar-refractivity contribution in [3.8, 4) is 0 Å². The minimum atomic E-state index is -0.815. The molecule has 1 fully saturated rings. The highest BCUT2D eigenvalue weighted by molar-refractivity contribution is 6.08. The van der Waals surface area contributed by atoms with E-state index in [2.05, 4.69) is 20.8 Å². The van der Waals surface area contributed by atoms with Crippen LogP contribution in [0.4, 0.5) is 0 Å². The van der Waals surface area contributed by atoms with Gasteiger partial charge in [0.05, 0.1) is 0 Å². The van der Waals surface area contributed by atoms with Crippen LogP contribution in [0.5, 0.6) is 0 Å². The van der Waals surface area contributed by atoms with Crippen molar-refractivity contribution in [3.05, 3.63) is 71.8 Å².